The highest BCUT2D eigenvalue weighted by molar-refractivity contribution is 6.30. The summed E-state index contributed by atoms with van der Waals surface area (Å²) < 4.78 is 7.08. The number of rotatable bonds is 5. The van der Waals surface area contributed by atoms with Gasteiger partial charge in [0.05, 0.1) is 19.0 Å². The minimum absolute atomic E-state index is 0.0237. The molecule has 1 saturated heterocycles. The number of halogens is 1. The molecule has 5 rings (SSSR count). The van der Waals surface area contributed by atoms with E-state index >= 15 is 0 Å². The Labute approximate surface area is 226 Å². The number of ether oxygens (including phenoxy) is 1. The fraction of sp³-hybridized carbons (Fsp3) is 0.233. The second-order valence-electron chi connectivity index (χ2n) is 9.31. The number of methoxy groups -OCH3 is 1. The third-order valence-corrected chi connectivity index (χ3v) is 7.36. The fourth-order valence-corrected chi connectivity index (χ4v) is 5.11. The number of fused-ring (bicyclic) bond motifs is 1. The molecule has 0 aliphatic carbocycles. The molecule has 2 amide bonds. The van der Waals surface area contributed by atoms with Crippen LogP contribution in [0.3, 0.4) is 0 Å². The predicted octanol–water partition coefficient (Wildman–Crippen LogP) is 4.83. The topological polar surface area (TPSA) is 71.8 Å². The van der Waals surface area contributed by atoms with Crippen molar-refractivity contribution in [3.63, 3.8) is 0 Å². The van der Waals surface area contributed by atoms with Crippen molar-refractivity contribution >= 4 is 40.2 Å². The smallest absolute Gasteiger partial charge is 0.262 e. The zero-order valence-electron chi connectivity index (χ0n) is 21.3. The lowest BCUT2D eigenvalue weighted by Gasteiger charge is -2.35. The first-order chi connectivity index (χ1) is 18.4. The number of benzene rings is 3. The van der Waals surface area contributed by atoms with E-state index in [0.717, 1.165) is 10.9 Å². The molecule has 0 atom stereocenters. The van der Waals surface area contributed by atoms with Crippen molar-refractivity contribution in [1.82, 2.24) is 14.4 Å². The molecule has 0 radical (unpaired) electrons. The van der Waals surface area contributed by atoms with Gasteiger partial charge in [0.15, 0.2) is 0 Å². The summed E-state index contributed by atoms with van der Waals surface area (Å²) in [6.07, 6.45) is 0.142. The SMILES string of the molecule is COc1ccc2c(c1)c(CC(=O)N1CCN(C(=O)c3ccccc3)CC1)c(C)n2C(=O)c1ccc(Cl)cc1. The summed E-state index contributed by atoms with van der Waals surface area (Å²) in [5.74, 6) is 0.390. The normalized spacial score (nSPS) is 13.6. The van der Waals surface area contributed by atoms with Crippen LogP contribution in [-0.4, -0.2) is 65.4 Å². The largest absolute Gasteiger partial charge is 0.497 e. The number of nitrogens with zero attached hydrogens (tertiary/aromatic N) is 3. The Morgan fingerprint density at radius 3 is 2.11 bits per heavy atom. The average Bonchev–Trinajstić information content (AvgIpc) is 3.23. The number of carbonyl (C=O) groups excluding carboxylic acids is 3. The minimum atomic E-state index is -0.193. The van der Waals surface area contributed by atoms with Crippen LogP contribution in [0.25, 0.3) is 10.9 Å². The third kappa shape index (κ3) is 4.89. The molecule has 0 unspecified atom stereocenters. The Balaban J connectivity index is 1.39. The summed E-state index contributed by atoms with van der Waals surface area (Å²) in [7, 11) is 1.59. The van der Waals surface area contributed by atoms with Crippen molar-refractivity contribution in [2.24, 2.45) is 0 Å². The van der Waals surface area contributed by atoms with Gasteiger partial charge in [-0.3, -0.25) is 19.0 Å². The van der Waals surface area contributed by atoms with Gasteiger partial charge in [-0.1, -0.05) is 29.8 Å². The average molecular weight is 530 g/mol. The van der Waals surface area contributed by atoms with Gasteiger partial charge >= 0.3 is 0 Å². The van der Waals surface area contributed by atoms with E-state index in [0.29, 0.717) is 59.3 Å². The Kier molecular flexibility index (Phi) is 7.20. The Morgan fingerprint density at radius 2 is 1.45 bits per heavy atom. The summed E-state index contributed by atoms with van der Waals surface area (Å²) >= 11 is 6.02. The van der Waals surface area contributed by atoms with Gasteiger partial charge in [0.1, 0.15) is 5.75 Å². The van der Waals surface area contributed by atoms with Crippen molar-refractivity contribution in [1.29, 1.82) is 0 Å². The number of hydrogen-bond donors (Lipinski definition) is 0. The lowest BCUT2D eigenvalue weighted by molar-refractivity contribution is -0.131. The monoisotopic (exact) mass is 529 g/mol. The molecule has 1 aliphatic rings. The molecular formula is C30H28ClN3O4. The van der Waals surface area contributed by atoms with E-state index in [-0.39, 0.29) is 24.1 Å². The van der Waals surface area contributed by atoms with E-state index in [2.05, 4.69) is 0 Å². The molecule has 1 aromatic heterocycles. The molecule has 0 spiro atoms. The minimum Gasteiger partial charge on any atom is -0.497 e. The zero-order valence-corrected chi connectivity index (χ0v) is 22.1. The van der Waals surface area contributed by atoms with Gasteiger partial charge in [-0.25, -0.2) is 0 Å². The Bertz CT molecular complexity index is 1500. The molecule has 1 aliphatic heterocycles. The van der Waals surface area contributed by atoms with Crippen molar-refractivity contribution in [3.05, 3.63) is 100 Å². The number of amides is 2. The van der Waals surface area contributed by atoms with Crippen molar-refractivity contribution in [2.75, 3.05) is 33.3 Å². The highest BCUT2D eigenvalue weighted by atomic mass is 35.5. The predicted molar refractivity (Wildman–Crippen MR) is 147 cm³/mol. The fourth-order valence-electron chi connectivity index (χ4n) is 4.98. The maximum absolute atomic E-state index is 13.5. The molecule has 1 fully saturated rings. The molecule has 0 bridgehead atoms. The van der Waals surface area contributed by atoms with Gasteiger partial charge in [0.25, 0.3) is 11.8 Å². The lowest BCUT2D eigenvalue weighted by Crippen LogP contribution is -2.51. The van der Waals surface area contributed by atoms with E-state index in [4.69, 9.17) is 16.3 Å². The lowest BCUT2D eigenvalue weighted by atomic mass is 10.1. The molecule has 194 valence electrons. The number of carbonyl (C=O) groups is 3. The van der Waals surface area contributed by atoms with Gasteiger partial charge in [-0.05, 0) is 67.1 Å². The maximum Gasteiger partial charge on any atom is 0.262 e. The maximum atomic E-state index is 13.5. The second-order valence-corrected chi connectivity index (χ2v) is 9.75. The van der Waals surface area contributed by atoms with E-state index in [1.165, 1.54) is 0 Å². The van der Waals surface area contributed by atoms with Gasteiger partial charge in [0.2, 0.25) is 5.91 Å². The van der Waals surface area contributed by atoms with Gasteiger partial charge in [-0.15, -0.1) is 0 Å². The molecule has 7 nitrogen and oxygen atoms in total. The van der Waals surface area contributed by atoms with Crippen LogP contribution in [0.15, 0.2) is 72.8 Å². The van der Waals surface area contributed by atoms with Crippen LogP contribution in [0.5, 0.6) is 5.75 Å². The highest BCUT2D eigenvalue weighted by Gasteiger charge is 2.27. The first-order valence-electron chi connectivity index (χ1n) is 12.5. The summed E-state index contributed by atoms with van der Waals surface area (Å²) in [5.41, 5.74) is 3.36. The first kappa shape index (κ1) is 25.5. The molecule has 8 heteroatoms. The van der Waals surface area contributed by atoms with Gasteiger partial charge < -0.3 is 14.5 Å². The zero-order chi connectivity index (χ0) is 26.8. The molecule has 3 aromatic carbocycles. The standard InChI is InChI=1S/C30H28ClN3O4/c1-20-25(19-28(35)32-14-16-33(17-15-32)29(36)21-6-4-3-5-7-21)26-18-24(38-2)12-13-27(26)34(20)30(37)22-8-10-23(31)11-9-22/h3-13,18H,14-17,19H2,1-2H3. The summed E-state index contributed by atoms with van der Waals surface area (Å²) in [6, 6.07) is 21.5. The van der Waals surface area contributed by atoms with Crippen LogP contribution in [0.1, 0.15) is 32.0 Å². The van der Waals surface area contributed by atoms with Gasteiger partial charge in [0, 0.05) is 53.4 Å². The van der Waals surface area contributed by atoms with Crippen LogP contribution in [0.2, 0.25) is 5.02 Å². The van der Waals surface area contributed by atoms with Crippen LogP contribution in [0, 0.1) is 6.92 Å². The quantitative estimate of drug-likeness (QED) is 0.371. The molecule has 38 heavy (non-hydrogen) atoms. The molecule has 0 N–H and O–H groups in total. The summed E-state index contributed by atoms with van der Waals surface area (Å²) in [4.78, 5) is 43.3. The van der Waals surface area contributed by atoms with E-state index in [1.54, 1.807) is 57.9 Å². The third-order valence-electron chi connectivity index (χ3n) is 7.10. The van der Waals surface area contributed by atoms with Crippen molar-refractivity contribution < 1.29 is 19.1 Å². The molecule has 4 aromatic rings. The van der Waals surface area contributed by atoms with Crippen LogP contribution in [-0.2, 0) is 11.2 Å². The van der Waals surface area contributed by atoms with E-state index < -0.39 is 0 Å². The van der Waals surface area contributed by atoms with Crippen LogP contribution in [0.4, 0.5) is 0 Å². The molecule has 0 saturated carbocycles. The summed E-state index contributed by atoms with van der Waals surface area (Å²) in [5, 5.41) is 1.35. The molecular weight excluding hydrogens is 502 g/mol. The van der Waals surface area contributed by atoms with Crippen LogP contribution >= 0.6 is 11.6 Å². The Hall–Kier alpha value is -4.10. The number of aromatic nitrogens is 1. The molecule has 2 heterocycles. The van der Waals surface area contributed by atoms with E-state index in [1.807, 2.05) is 43.3 Å². The Morgan fingerprint density at radius 1 is 0.816 bits per heavy atom. The number of piperazine rings is 1. The second kappa shape index (κ2) is 10.7. The van der Waals surface area contributed by atoms with Crippen molar-refractivity contribution in [2.45, 2.75) is 13.3 Å². The van der Waals surface area contributed by atoms with Gasteiger partial charge in [-0.2, -0.15) is 0 Å². The van der Waals surface area contributed by atoms with Crippen LogP contribution < -0.4 is 4.74 Å². The van der Waals surface area contributed by atoms with Crippen molar-refractivity contribution in [3.8, 4) is 5.75 Å². The highest BCUT2D eigenvalue weighted by Crippen LogP contribution is 2.31. The first-order valence-corrected chi connectivity index (χ1v) is 12.9. The van der Waals surface area contributed by atoms with E-state index in [9.17, 15) is 14.4 Å². The number of hydrogen-bond acceptors (Lipinski definition) is 4. The summed E-state index contributed by atoms with van der Waals surface area (Å²) in [6.45, 7) is 3.73.